The third-order valence-electron chi connectivity index (χ3n) is 2.07. The van der Waals surface area contributed by atoms with Crippen molar-refractivity contribution in [2.45, 2.75) is 32.4 Å². The number of rotatable bonds is 12. The van der Waals surface area contributed by atoms with Crippen LogP contribution in [0.5, 0.6) is 0 Å². The largest absolute Gasteiger partial charge is 0.388 e. The predicted octanol–water partition coefficient (Wildman–Crippen LogP) is 0.415. The topological polar surface area (TPSA) is 60.0 Å². The fraction of sp³-hybridized carbons (Fsp3) is 1.00. The molecule has 17 heavy (non-hydrogen) atoms. The van der Waals surface area contributed by atoms with Gasteiger partial charge in [-0.2, -0.15) is 0 Å². The smallest absolute Gasteiger partial charge is 0.101 e. The molecule has 0 aliphatic rings. The molecule has 0 spiro atoms. The molecule has 0 amide bonds. The van der Waals surface area contributed by atoms with Crippen LogP contribution in [-0.4, -0.2) is 63.9 Å². The van der Waals surface area contributed by atoms with Crippen LogP contribution in [0.15, 0.2) is 0 Å². The summed E-state index contributed by atoms with van der Waals surface area (Å²) < 4.78 is 15.3. The molecule has 1 unspecified atom stereocenters. The first-order chi connectivity index (χ1) is 8.16. The van der Waals surface area contributed by atoms with E-state index in [2.05, 4.69) is 19.2 Å². The number of aliphatic hydroxyl groups is 1. The standard InChI is InChI=1S/C12H27NO4/c1-11(2)13-5-4-6-16-9-12(14)10-17-8-7-15-3/h11-14H,4-10H2,1-3H3. The van der Waals surface area contributed by atoms with E-state index in [4.69, 9.17) is 14.2 Å². The summed E-state index contributed by atoms with van der Waals surface area (Å²) in [6.45, 7) is 7.51. The Kier molecular flexibility index (Phi) is 12.1. The van der Waals surface area contributed by atoms with Gasteiger partial charge in [0, 0.05) is 19.8 Å². The summed E-state index contributed by atoms with van der Waals surface area (Å²) in [6, 6.07) is 0.509. The lowest BCUT2D eigenvalue weighted by atomic mass is 10.3. The lowest BCUT2D eigenvalue weighted by molar-refractivity contribution is -0.0284. The molecule has 104 valence electrons. The zero-order valence-electron chi connectivity index (χ0n) is 11.3. The number of nitrogens with one attached hydrogen (secondary N) is 1. The number of aliphatic hydroxyl groups excluding tert-OH is 1. The highest BCUT2D eigenvalue weighted by atomic mass is 16.5. The molecule has 0 fully saturated rings. The van der Waals surface area contributed by atoms with E-state index in [9.17, 15) is 5.11 Å². The fourth-order valence-electron chi connectivity index (χ4n) is 1.19. The third-order valence-corrected chi connectivity index (χ3v) is 2.07. The molecule has 0 radical (unpaired) electrons. The quantitative estimate of drug-likeness (QED) is 0.491. The van der Waals surface area contributed by atoms with Crippen LogP contribution >= 0.6 is 0 Å². The Balaban J connectivity index is 3.13. The first kappa shape index (κ1) is 16.8. The van der Waals surface area contributed by atoms with Crippen LogP contribution in [0.2, 0.25) is 0 Å². The van der Waals surface area contributed by atoms with Crippen LogP contribution in [0.3, 0.4) is 0 Å². The average Bonchev–Trinajstić information content (AvgIpc) is 2.29. The van der Waals surface area contributed by atoms with Crippen LogP contribution in [-0.2, 0) is 14.2 Å². The van der Waals surface area contributed by atoms with E-state index in [0.717, 1.165) is 13.0 Å². The average molecular weight is 249 g/mol. The van der Waals surface area contributed by atoms with E-state index < -0.39 is 6.10 Å². The molecule has 0 bridgehead atoms. The summed E-state index contributed by atoms with van der Waals surface area (Å²) in [5, 5.41) is 12.8. The van der Waals surface area contributed by atoms with Crippen molar-refractivity contribution in [2.75, 3.05) is 46.7 Å². The summed E-state index contributed by atoms with van der Waals surface area (Å²) in [7, 11) is 1.62. The maximum Gasteiger partial charge on any atom is 0.101 e. The Labute approximate surface area is 104 Å². The number of hydrogen-bond acceptors (Lipinski definition) is 5. The zero-order chi connectivity index (χ0) is 12.9. The highest BCUT2D eigenvalue weighted by Gasteiger charge is 2.04. The molecule has 0 aromatic heterocycles. The minimum absolute atomic E-state index is 0.299. The van der Waals surface area contributed by atoms with Crippen LogP contribution < -0.4 is 5.32 Å². The molecule has 0 rings (SSSR count). The van der Waals surface area contributed by atoms with Crippen molar-refractivity contribution >= 4 is 0 Å². The van der Waals surface area contributed by atoms with Gasteiger partial charge in [-0.3, -0.25) is 0 Å². The van der Waals surface area contributed by atoms with Crippen molar-refractivity contribution in [1.82, 2.24) is 5.32 Å². The number of hydrogen-bond donors (Lipinski definition) is 2. The minimum Gasteiger partial charge on any atom is -0.388 e. The van der Waals surface area contributed by atoms with Crippen LogP contribution in [0, 0.1) is 0 Å². The summed E-state index contributed by atoms with van der Waals surface area (Å²) in [5.74, 6) is 0. The zero-order valence-corrected chi connectivity index (χ0v) is 11.3. The molecule has 5 nitrogen and oxygen atoms in total. The monoisotopic (exact) mass is 249 g/mol. The second-order valence-corrected chi connectivity index (χ2v) is 4.26. The van der Waals surface area contributed by atoms with Crippen molar-refractivity contribution in [1.29, 1.82) is 0 Å². The molecule has 0 aliphatic carbocycles. The number of ether oxygens (including phenoxy) is 3. The van der Waals surface area contributed by atoms with E-state index in [1.807, 2.05) is 0 Å². The Morgan fingerprint density at radius 1 is 1.06 bits per heavy atom. The first-order valence-corrected chi connectivity index (χ1v) is 6.22. The Hall–Kier alpha value is -0.200. The normalized spacial score (nSPS) is 13.2. The van der Waals surface area contributed by atoms with Crippen molar-refractivity contribution in [3.05, 3.63) is 0 Å². The number of methoxy groups -OCH3 is 1. The molecule has 0 saturated carbocycles. The third kappa shape index (κ3) is 13.7. The predicted molar refractivity (Wildman–Crippen MR) is 67.3 cm³/mol. The fourth-order valence-corrected chi connectivity index (χ4v) is 1.19. The molecule has 1 atom stereocenters. The van der Waals surface area contributed by atoms with Crippen LogP contribution in [0.4, 0.5) is 0 Å². The van der Waals surface area contributed by atoms with E-state index in [1.54, 1.807) is 7.11 Å². The minimum atomic E-state index is -0.551. The van der Waals surface area contributed by atoms with Gasteiger partial charge in [-0.25, -0.2) is 0 Å². The molecule has 0 saturated heterocycles. The molecule has 0 aliphatic heterocycles. The van der Waals surface area contributed by atoms with E-state index in [1.165, 1.54) is 0 Å². The SMILES string of the molecule is COCCOCC(O)COCCCNC(C)C. The second-order valence-electron chi connectivity index (χ2n) is 4.26. The van der Waals surface area contributed by atoms with Gasteiger partial charge in [0.1, 0.15) is 6.10 Å². The van der Waals surface area contributed by atoms with Gasteiger partial charge in [0.05, 0.1) is 26.4 Å². The van der Waals surface area contributed by atoms with Gasteiger partial charge in [0.2, 0.25) is 0 Å². The summed E-state index contributed by atoms with van der Waals surface area (Å²) in [6.07, 6.45) is 0.403. The molecular weight excluding hydrogens is 222 g/mol. The molecule has 0 heterocycles. The lowest BCUT2D eigenvalue weighted by Gasteiger charge is -2.12. The first-order valence-electron chi connectivity index (χ1n) is 6.22. The molecule has 2 N–H and O–H groups in total. The molecular formula is C12H27NO4. The lowest BCUT2D eigenvalue weighted by Crippen LogP contribution is -2.26. The Bertz CT molecular complexity index is 155. The highest BCUT2D eigenvalue weighted by Crippen LogP contribution is 1.90. The molecule has 0 aromatic rings. The highest BCUT2D eigenvalue weighted by molar-refractivity contribution is 4.54. The van der Waals surface area contributed by atoms with Gasteiger partial charge in [0.15, 0.2) is 0 Å². The van der Waals surface area contributed by atoms with Crippen LogP contribution in [0.25, 0.3) is 0 Å². The summed E-state index contributed by atoms with van der Waals surface area (Å²) >= 11 is 0. The van der Waals surface area contributed by atoms with Crippen molar-refractivity contribution < 1.29 is 19.3 Å². The van der Waals surface area contributed by atoms with Gasteiger partial charge in [-0.15, -0.1) is 0 Å². The van der Waals surface area contributed by atoms with Gasteiger partial charge in [-0.05, 0) is 13.0 Å². The maximum absolute atomic E-state index is 9.49. The van der Waals surface area contributed by atoms with Gasteiger partial charge >= 0.3 is 0 Å². The van der Waals surface area contributed by atoms with E-state index >= 15 is 0 Å². The maximum atomic E-state index is 9.49. The van der Waals surface area contributed by atoms with Gasteiger partial charge in [-0.1, -0.05) is 13.8 Å². The van der Waals surface area contributed by atoms with Gasteiger partial charge < -0.3 is 24.6 Å². The van der Waals surface area contributed by atoms with Crippen molar-refractivity contribution in [3.8, 4) is 0 Å². The van der Waals surface area contributed by atoms with Crippen molar-refractivity contribution in [3.63, 3.8) is 0 Å². The van der Waals surface area contributed by atoms with Gasteiger partial charge in [0.25, 0.3) is 0 Å². The second kappa shape index (κ2) is 12.3. The Morgan fingerprint density at radius 2 is 1.71 bits per heavy atom. The van der Waals surface area contributed by atoms with E-state index in [-0.39, 0.29) is 0 Å². The summed E-state index contributed by atoms with van der Waals surface area (Å²) in [5.41, 5.74) is 0. The van der Waals surface area contributed by atoms with Crippen LogP contribution in [0.1, 0.15) is 20.3 Å². The Morgan fingerprint density at radius 3 is 2.29 bits per heavy atom. The van der Waals surface area contributed by atoms with E-state index in [0.29, 0.717) is 39.1 Å². The molecule has 0 aromatic carbocycles. The molecule has 5 heteroatoms. The summed E-state index contributed by atoms with van der Waals surface area (Å²) in [4.78, 5) is 0. The van der Waals surface area contributed by atoms with Crippen molar-refractivity contribution in [2.24, 2.45) is 0 Å².